The molecule has 2 heteroatoms. The fourth-order valence-corrected chi connectivity index (χ4v) is 3.19. The van der Waals surface area contributed by atoms with Gasteiger partial charge in [-0.05, 0) is 41.2 Å². The first-order chi connectivity index (χ1) is 9.43. The van der Waals surface area contributed by atoms with E-state index < -0.39 is 0 Å². The van der Waals surface area contributed by atoms with Crippen LogP contribution in [0.3, 0.4) is 0 Å². The number of aromatic nitrogens is 1. The Morgan fingerprint density at radius 2 is 1.55 bits per heavy atom. The monoisotopic (exact) mass is 281 g/mol. The van der Waals surface area contributed by atoms with Crippen molar-refractivity contribution in [3.05, 3.63) is 53.0 Å². The van der Waals surface area contributed by atoms with Gasteiger partial charge in [0.2, 0.25) is 0 Å². The van der Waals surface area contributed by atoms with E-state index in [0.717, 1.165) is 10.5 Å². The van der Waals surface area contributed by atoms with E-state index in [9.17, 15) is 0 Å². The number of aryl methyl sites for hydroxylation is 1. The summed E-state index contributed by atoms with van der Waals surface area (Å²) in [6.45, 7) is 8.78. The van der Waals surface area contributed by atoms with Gasteiger partial charge in [0.05, 0.1) is 15.2 Å². The molecule has 0 bridgehead atoms. The van der Waals surface area contributed by atoms with Gasteiger partial charge in [0.15, 0.2) is 0 Å². The van der Waals surface area contributed by atoms with Crippen molar-refractivity contribution >= 4 is 21.6 Å². The van der Waals surface area contributed by atoms with Crippen LogP contribution in [0, 0.1) is 6.92 Å². The van der Waals surface area contributed by atoms with Gasteiger partial charge in [0.1, 0.15) is 0 Å². The molecule has 0 aliphatic rings. The lowest BCUT2D eigenvalue weighted by atomic mass is 9.86. The van der Waals surface area contributed by atoms with Gasteiger partial charge in [0.25, 0.3) is 0 Å². The number of benzene rings is 2. The van der Waals surface area contributed by atoms with Crippen LogP contribution in [0.2, 0.25) is 0 Å². The van der Waals surface area contributed by atoms with Crippen molar-refractivity contribution in [3.63, 3.8) is 0 Å². The molecule has 0 spiro atoms. The minimum absolute atomic E-state index is 0.203. The van der Waals surface area contributed by atoms with Crippen molar-refractivity contribution in [2.75, 3.05) is 0 Å². The van der Waals surface area contributed by atoms with E-state index in [1.54, 1.807) is 11.3 Å². The van der Waals surface area contributed by atoms with Crippen molar-refractivity contribution in [3.8, 4) is 11.1 Å². The van der Waals surface area contributed by atoms with Crippen LogP contribution >= 0.6 is 11.3 Å². The first-order valence-electron chi connectivity index (χ1n) is 6.91. The Morgan fingerprint density at radius 3 is 2.20 bits per heavy atom. The van der Waals surface area contributed by atoms with Crippen LogP contribution < -0.4 is 0 Å². The predicted octanol–water partition coefficient (Wildman–Crippen LogP) is 5.57. The maximum Gasteiger partial charge on any atom is 0.0907 e. The van der Waals surface area contributed by atoms with Crippen LogP contribution in [0.25, 0.3) is 21.3 Å². The highest BCUT2D eigenvalue weighted by Crippen LogP contribution is 2.29. The number of thiazole rings is 1. The Balaban J connectivity index is 2.02. The molecule has 3 aromatic rings. The summed E-state index contributed by atoms with van der Waals surface area (Å²) >= 11 is 1.75. The molecule has 0 saturated carbocycles. The van der Waals surface area contributed by atoms with Gasteiger partial charge in [-0.1, -0.05) is 51.1 Å². The molecule has 0 aliphatic carbocycles. The predicted molar refractivity (Wildman–Crippen MR) is 88.5 cm³/mol. The summed E-state index contributed by atoms with van der Waals surface area (Å²) in [5.74, 6) is 0. The van der Waals surface area contributed by atoms with Crippen LogP contribution in [0.15, 0.2) is 42.5 Å². The number of hydrogen-bond donors (Lipinski definition) is 0. The highest BCUT2D eigenvalue weighted by atomic mass is 32.1. The van der Waals surface area contributed by atoms with Crippen molar-refractivity contribution in [2.45, 2.75) is 33.1 Å². The van der Waals surface area contributed by atoms with Gasteiger partial charge < -0.3 is 0 Å². The Labute approximate surface area is 124 Å². The van der Waals surface area contributed by atoms with Gasteiger partial charge >= 0.3 is 0 Å². The minimum Gasteiger partial charge on any atom is -0.241 e. The van der Waals surface area contributed by atoms with E-state index in [4.69, 9.17) is 0 Å². The molecular weight excluding hydrogens is 262 g/mol. The Morgan fingerprint density at radius 1 is 0.900 bits per heavy atom. The van der Waals surface area contributed by atoms with Gasteiger partial charge in [0, 0.05) is 0 Å². The molecular formula is C18H19NS. The largest absolute Gasteiger partial charge is 0.241 e. The number of fused-ring (bicyclic) bond motifs is 1. The molecule has 20 heavy (non-hydrogen) atoms. The van der Waals surface area contributed by atoms with Crippen molar-refractivity contribution in [1.82, 2.24) is 4.98 Å². The van der Waals surface area contributed by atoms with E-state index >= 15 is 0 Å². The summed E-state index contributed by atoms with van der Waals surface area (Å²) in [5.41, 5.74) is 5.17. The Bertz CT molecular complexity index is 745. The highest BCUT2D eigenvalue weighted by molar-refractivity contribution is 7.18. The summed E-state index contributed by atoms with van der Waals surface area (Å²) in [5, 5.41) is 1.13. The average molecular weight is 281 g/mol. The number of hydrogen-bond acceptors (Lipinski definition) is 2. The maximum absolute atomic E-state index is 4.57. The fraction of sp³-hybridized carbons (Fsp3) is 0.278. The Hall–Kier alpha value is -1.67. The standard InChI is InChI=1S/C18H19NS/c1-12-19-16-11-14(7-10-17(16)20-12)13-5-8-15(9-6-13)18(2,3)4/h5-11H,1-4H3. The van der Waals surface area contributed by atoms with E-state index in [1.807, 2.05) is 0 Å². The van der Waals surface area contributed by atoms with Gasteiger partial charge in [-0.3, -0.25) is 0 Å². The normalized spacial score (nSPS) is 12.0. The second-order valence-corrected chi connectivity index (χ2v) is 7.48. The van der Waals surface area contributed by atoms with Crippen LogP contribution in [-0.2, 0) is 5.41 Å². The van der Waals surface area contributed by atoms with Crippen LogP contribution in [0.5, 0.6) is 0 Å². The first kappa shape index (κ1) is 13.3. The van der Waals surface area contributed by atoms with Crippen LogP contribution in [0.1, 0.15) is 31.3 Å². The fourth-order valence-electron chi connectivity index (χ4n) is 2.38. The lowest BCUT2D eigenvalue weighted by Gasteiger charge is -2.19. The van der Waals surface area contributed by atoms with Crippen LogP contribution in [-0.4, -0.2) is 4.98 Å². The van der Waals surface area contributed by atoms with E-state index in [2.05, 4.69) is 75.1 Å². The molecule has 0 atom stereocenters. The van der Waals surface area contributed by atoms with Crippen molar-refractivity contribution < 1.29 is 0 Å². The first-order valence-corrected chi connectivity index (χ1v) is 7.73. The minimum atomic E-state index is 0.203. The zero-order valence-corrected chi connectivity index (χ0v) is 13.2. The third-order valence-electron chi connectivity index (χ3n) is 3.58. The van der Waals surface area contributed by atoms with Crippen molar-refractivity contribution in [2.24, 2.45) is 0 Å². The summed E-state index contributed by atoms with van der Waals surface area (Å²) in [6.07, 6.45) is 0. The number of nitrogens with zero attached hydrogens (tertiary/aromatic N) is 1. The number of rotatable bonds is 1. The molecule has 0 fully saturated rings. The van der Waals surface area contributed by atoms with Crippen LogP contribution in [0.4, 0.5) is 0 Å². The second kappa shape index (κ2) is 4.71. The zero-order valence-electron chi connectivity index (χ0n) is 12.4. The Kier molecular flexibility index (Phi) is 3.14. The summed E-state index contributed by atoms with van der Waals surface area (Å²) in [6, 6.07) is 15.4. The summed E-state index contributed by atoms with van der Waals surface area (Å²) in [7, 11) is 0. The van der Waals surface area contributed by atoms with Gasteiger partial charge in [-0.15, -0.1) is 11.3 Å². The van der Waals surface area contributed by atoms with E-state index in [1.165, 1.54) is 21.4 Å². The maximum atomic E-state index is 4.57. The van der Waals surface area contributed by atoms with Gasteiger partial charge in [-0.2, -0.15) is 0 Å². The molecule has 1 heterocycles. The molecule has 0 N–H and O–H groups in total. The summed E-state index contributed by atoms with van der Waals surface area (Å²) in [4.78, 5) is 4.57. The molecule has 0 amide bonds. The van der Waals surface area contributed by atoms with Gasteiger partial charge in [-0.25, -0.2) is 4.98 Å². The van der Waals surface area contributed by atoms with Crippen molar-refractivity contribution in [1.29, 1.82) is 0 Å². The third-order valence-corrected chi connectivity index (χ3v) is 4.53. The molecule has 1 nitrogen and oxygen atoms in total. The molecule has 0 saturated heterocycles. The molecule has 2 aromatic carbocycles. The lowest BCUT2D eigenvalue weighted by molar-refractivity contribution is 0.590. The quantitative estimate of drug-likeness (QED) is 0.568. The topological polar surface area (TPSA) is 12.9 Å². The molecule has 0 aliphatic heterocycles. The molecule has 0 unspecified atom stereocenters. The average Bonchev–Trinajstić information content (AvgIpc) is 2.77. The second-order valence-electron chi connectivity index (χ2n) is 6.24. The van der Waals surface area contributed by atoms with E-state index in [-0.39, 0.29) is 5.41 Å². The molecule has 1 aromatic heterocycles. The lowest BCUT2D eigenvalue weighted by Crippen LogP contribution is -2.10. The smallest absolute Gasteiger partial charge is 0.0907 e. The van der Waals surface area contributed by atoms with E-state index in [0.29, 0.717) is 0 Å². The highest BCUT2D eigenvalue weighted by Gasteiger charge is 2.13. The molecule has 3 rings (SSSR count). The molecule has 0 radical (unpaired) electrons. The molecule has 102 valence electrons. The third kappa shape index (κ3) is 2.48. The zero-order chi connectivity index (χ0) is 14.3. The SMILES string of the molecule is Cc1nc2cc(-c3ccc(C(C)(C)C)cc3)ccc2s1. The summed E-state index contributed by atoms with van der Waals surface area (Å²) < 4.78 is 1.26.